The summed E-state index contributed by atoms with van der Waals surface area (Å²) in [5.41, 5.74) is -0.100. The summed E-state index contributed by atoms with van der Waals surface area (Å²) < 4.78 is 25.8. The van der Waals surface area contributed by atoms with Crippen molar-refractivity contribution in [2.45, 2.75) is 58.3 Å². The normalized spacial score (nSPS) is 17.6. The van der Waals surface area contributed by atoms with Gasteiger partial charge in [-0.25, -0.2) is 0 Å². The average Bonchev–Trinajstić information content (AvgIpc) is 2.94. The molecular weight excluding hydrogens is 542 g/mol. The Hall–Kier alpha value is -4.60. The van der Waals surface area contributed by atoms with Gasteiger partial charge in [-0.05, 0) is 36.8 Å². The average molecular weight is 576 g/mol. The summed E-state index contributed by atoms with van der Waals surface area (Å²) in [5, 5.41) is 11.6. The largest absolute Gasteiger partial charge is 0.496 e. The van der Waals surface area contributed by atoms with E-state index in [1.807, 2.05) is 41.0 Å². The lowest BCUT2D eigenvalue weighted by atomic mass is 9.86. The number of aromatic nitrogens is 1. The molecule has 0 saturated carbocycles. The number of carbonyl (C=O) groups excluding carboxylic acids is 2. The van der Waals surface area contributed by atoms with Crippen molar-refractivity contribution in [2.75, 3.05) is 7.11 Å². The fourth-order valence-electron chi connectivity index (χ4n) is 5.52. The number of carboxylic acid groups (broad SMARTS) is 1. The number of aryl methyl sites for hydroxylation is 1. The highest BCUT2D eigenvalue weighted by molar-refractivity contribution is 6.04. The number of carboxylic acids is 1. The van der Waals surface area contributed by atoms with E-state index >= 15 is 0 Å². The Morgan fingerprint density at radius 2 is 1.71 bits per heavy atom. The van der Waals surface area contributed by atoms with Crippen molar-refractivity contribution in [3.05, 3.63) is 58.3 Å². The summed E-state index contributed by atoms with van der Waals surface area (Å²) in [6.45, 7) is 6.73. The van der Waals surface area contributed by atoms with E-state index in [1.165, 1.54) is 7.11 Å². The van der Waals surface area contributed by atoms with Crippen LogP contribution in [0.2, 0.25) is 0 Å². The van der Waals surface area contributed by atoms with E-state index in [2.05, 4.69) is 0 Å². The first kappa shape index (κ1) is 28.9. The number of fused-ring (bicyclic) bond motifs is 5. The highest BCUT2D eigenvalue weighted by Crippen LogP contribution is 2.49. The molecule has 5 rings (SSSR count). The molecule has 0 amide bonds. The molecule has 0 bridgehead atoms. The fourth-order valence-corrected chi connectivity index (χ4v) is 5.52. The Kier molecular flexibility index (Phi) is 7.34. The van der Waals surface area contributed by atoms with E-state index < -0.39 is 48.1 Å². The van der Waals surface area contributed by atoms with Gasteiger partial charge < -0.3 is 28.6 Å². The third-order valence-corrected chi connectivity index (χ3v) is 7.65. The van der Waals surface area contributed by atoms with E-state index in [1.54, 1.807) is 40.8 Å². The van der Waals surface area contributed by atoms with Crippen LogP contribution >= 0.6 is 0 Å². The molecule has 0 unspecified atom stereocenters. The number of methoxy groups -OCH3 is 1. The number of ether oxygens (including phenoxy) is 4. The molecule has 1 aromatic heterocycles. The maximum absolute atomic E-state index is 14.1. The van der Waals surface area contributed by atoms with Crippen LogP contribution in [0.25, 0.3) is 32.6 Å². The summed E-state index contributed by atoms with van der Waals surface area (Å²) in [7, 11) is 3.26. The van der Waals surface area contributed by atoms with E-state index in [0.717, 1.165) is 10.8 Å². The number of hydrogen-bond acceptors (Lipinski definition) is 8. The Balaban J connectivity index is 1.84. The van der Waals surface area contributed by atoms with Crippen LogP contribution in [-0.2, 0) is 30.9 Å². The van der Waals surface area contributed by atoms with Crippen LogP contribution in [0.4, 0.5) is 0 Å². The number of nitrogens with zero attached hydrogens (tertiary/aromatic N) is 1. The number of hydrogen-bond donors (Lipinski definition) is 1. The second-order valence-electron chi connectivity index (χ2n) is 11.3. The smallest absolute Gasteiger partial charge is 0.309 e. The zero-order valence-corrected chi connectivity index (χ0v) is 24.3. The molecule has 4 aromatic rings. The maximum atomic E-state index is 14.1. The molecule has 0 saturated heterocycles. The van der Waals surface area contributed by atoms with Crippen LogP contribution < -0.4 is 14.9 Å². The van der Waals surface area contributed by atoms with Gasteiger partial charge in [-0.3, -0.25) is 19.2 Å². The van der Waals surface area contributed by atoms with Gasteiger partial charge >= 0.3 is 17.9 Å². The summed E-state index contributed by atoms with van der Waals surface area (Å²) >= 11 is 0. The second kappa shape index (κ2) is 10.7. The number of rotatable bonds is 7. The van der Waals surface area contributed by atoms with Crippen LogP contribution in [0, 0.1) is 5.92 Å². The van der Waals surface area contributed by atoms with Gasteiger partial charge in [0.1, 0.15) is 17.1 Å². The third-order valence-electron chi connectivity index (χ3n) is 7.65. The maximum Gasteiger partial charge on any atom is 0.309 e. The molecule has 2 heterocycles. The summed E-state index contributed by atoms with van der Waals surface area (Å²) in [5.74, 6) is -2.40. The van der Waals surface area contributed by atoms with Crippen molar-refractivity contribution in [3.8, 4) is 11.5 Å². The van der Waals surface area contributed by atoms with E-state index in [-0.39, 0.29) is 23.0 Å². The van der Waals surface area contributed by atoms with Gasteiger partial charge in [0.05, 0.1) is 47.9 Å². The van der Waals surface area contributed by atoms with E-state index in [4.69, 9.17) is 24.1 Å². The lowest BCUT2D eigenvalue weighted by Gasteiger charge is -2.44. The summed E-state index contributed by atoms with van der Waals surface area (Å²) in [4.78, 5) is 51.1. The van der Waals surface area contributed by atoms with Crippen molar-refractivity contribution in [1.82, 2.24) is 4.57 Å². The van der Waals surface area contributed by atoms with Gasteiger partial charge in [-0.15, -0.1) is 0 Å². The van der Waals surface area contributed by atoms with Gasteiger partial charge in [0.15, 0.2) is 12.2 Å². The second-order valence-corrected chi connectivity index (χ2v) is 11.3. The molecule has 10 heteroatoms. The molecule has 0 aliphatic carbocycles. The van der Waals surface area contributed by atoms with Gasteiger partial charge in [0.2, 0.25) is 5.43 Å². The highest BCUT2D eigenvalue weighted by atomic mass is 16.6. The van der Waals surface area contributed by atoms with Crippen molar-refractivity contribution < 1.29 is 38.4 Å². The summed E-state index contributed by atoms with van der Waals surface area (Å²) in [6, 6.07) is 13.1. The minimum atomic E-state index is -1.21. The minimum absolute atomic E-state index is 0.256. The standard InChI is InChI=1S/C32H33NO9/c1-16(2)31(38)41-29-26-22(42-32(3,4)30(29)40-24(36)12-11-23(34)35)15-21(39-6)25-27(26)33(5)20-14-18-10-8-7-9-17(18)13-19(20)28(25)37/h7-10,13-16,29-30H,11-12H2,1-6H3,(H,34,35)/t29-,30-/m0/s1. The molecular formula is C32H33NO9. The lowest BCUT2D eigenvalue weighted by molar-refractivity contribution is -0.192. The third kappa shape index (κ3) is 4.91. The lowest BCUT2D eigenvalue weighted by Crippen LogP contribution is -2.52. The van der Waals surface area contributed by atoms with Crippen LogP contribution in [0.3, 0.4) is 0 Å². The Bertz CT molecular complexity index is 1820. The summed E-state index contributed by atoms with van der Waals surface area (Å²) in [6.07, 6.45) is -3.13. The molecule has 0 fully saturated rings. The van der Waals surface area contributed by atoms with Gasteiger partial charge in [0.25, 0.3) is 0 Å². The van der Waals surface area contributed by atoms with Gasteiger partial charge in [0, 0.05) is 18.5 Å². The van der Waals surface area contributed by atoms with Crippen molar-refractivity contribution in [3.63, 3.8) is 0 Å². The number of esters is 2. The Labute approximate surface area is 241 Å². The molecule has 1 aliphatic heterocycles. The fraction of sp³-hybridized carbons (Fsp3) is 0.375. The monoisotopic (exact) mass is 575 g/mol. The van der Waals surface area contributed by atoms with Gasteiger partial charge in [-0.1, -0.05) is 38.1 Å². The van der Waals surface area contributed by atoms with Crippen LogP contribution in [0.15, 0.2) is 47.3 Å². The minimum Gasteiger partial charge on any atom is -0.496 e. The SMILES string of the molecule is COc1cc2c(c3c1c(=O)c1cc4ccccc4cc1n3C)[C@H](OC(=O)C(C)C)[C@H](OC(=O)CCC(=O)O)C(C)(C)O2. The number of pyridine rings is 1. The molecule has 0 radical (unpaired) electrons. The molecule has 2 atom stereocenters. The van der Waals surface area contributed by atoms with Crippen molar-refractivity contribution in [1.29, 1.82) is 0 Å². The van der Waals surface area contributed by atoms with Crippen molar-refractivity contribution >= 4 is 50.5 Å². The first-order valence-corrected chi connectivity index (χ1v) is 13.7. The molecule has 10 nitrogen and oxygen atoms in total. The molecule has 1 N–H and O–H groups in total. The topological polar surface area (TPSA) is 130 Å². The first-order valence-electron chi connectivity index (χ1n) is 13.7. The Morgan fingerprint density at radius 1 is 1.05 bits per heavy atom. The molecule has 1 aliphatic rings. The quantitative estimate of drug-likeness (QED) is 0.238. The van der Waals surface area contributed by atoms with Crippen LogP contribution in [-0.4, -0.2) is 46.4 Å². The molecule has 220 valence electrons. The van der Waals surface area contributed by atoms with E-state index in [0.29, 0.717) is 27.7 Å². The molecule has 0 spiro atoms. The zero-order valence-electron chi connectivity index (χ0n) is 24.3. The van der Waals surface area contributed by atoms with E-state index in [9.17, 15) is 19.2 Å². The van der Waals surface area contributed by atoms with Crippen LogP contribution in [0.5, 0.6) is 11.5 Å². The van der Waals surface area contributed by atoms with Crippen molar-refractivity contribution in [2.24, 2.45) is 13.0 Å². The Morgan fingerprint density at radius 3 is 2.33 bits per heavy atom. The molecule has 3 aromatic carbocycles. The van der Waals surface area contributed by atoms with Gasteiger partial charge in [-0.2, -0.15) is 0 Å². The molecule has 42 heavy (non-hydrogen) atoms. The van der Waals surface area contributed by atoms with Crippen LogP contribution in [0.1, 0.15) is 52.2 Å². The highest BCUT2D eigenvalue weighted by Gasteiger charge is 2.50. The predicted molar refractivity (Wildman–Crippen MR) is 156 cm³/mol. The number of carbonyl (C=O) groups is 3. The first-order chi connectivity index (χ1) is 19.8. The number of aliphatic carboxylic acids is 1. The zero-order chi connectivity index (χ0) is 30.5. The predicted octanol–water partition coefficient (Wildman–Crippen LogP) is 5.04. The number of benzene rings is 3.